The van der Waals surface area contributed by atoms with Crippen LogP contribution in [0.3, 0.4) is 0 Å². The molecule has 164 valence electrons. The molecule has 0 radical (unpaired) electrons. The number of methoxy groups -OCH3 is 1. The number of ether oxygens (including phenoxy) is 1. The van der Waals surface area contributed by atoms with Crippen LogP contribution >= 0.6 is 0 Å². The summed E-state index contributed by atoms with van der Waals surface area (Å²) in [6, 6.07) is 4.74. The number of nitrogens with zero attached hydrogens (tertiary/aromatic N) is 1. The maximum absolute atomic E-state index is 13.5. The van der Waals surface area contributed by atoms with Gasteiger partial charge in [-0.3, -0.25) is 4.79 Å². The van der Waals surface area contributed by atoms with Gasteiger partial charge >= 0.3 is 0 Å². The summed E-state index contributed by atoms with van der Waals surface area (Å²) in [6.45, 7) is 4.33. The van der Waals surface area contributed by atoms with Gasteiger partial charge in [0.05, 0.1) is 11.5 Å². The fourth-order valence-electron chi connectivity index (χ4n) is 4.06. The number of nitrogens with one attached hydrogen (secondary N) is 1. The number of rotatable bonds is 7. The summed E-state index contributed by atoms with van der Waals surface area (Å²) in [5.74, 6) is -0.514. The topological polar surface area (TPSA) is 77.4 Å². The first kappa shape index (κ1) is 22.5. The van der Waals surface area contributed by atoms with E-state index >= 15 is 0 Å². The summed E-state index contributed by atoms with van der Waals surface area (Å²) < 4.78 is 47.3. The highest BCUT2D eigenvalue weighted by Crippen LogP contribution is 2.36. The fraction of sp³-hybridized carbons (Fsp3) is 0.500. The predicted octanol–water partition coefficient (Wildman–Crippen LogP) is 4.24. The summed E-state index contributed by atoms with van der Waals surface area (Å²) >= 11 is 0. The van der Waals surface area contributed by atoms with E-state index in [4.69, 9.17) is 4.74 Å². The summed E-state index contributed by atoms with van der Waals surface area (Å²) in [5.41, 5.74) is 1.31. The van der Waals surface area contributed by atoms with Gasteiger partial charge in [0.25, 0.3) is 0 Å². The minimum atomic E-state index is -3.96. The molecule has 6 nitrogen and oxygen atoms in total. The largest absolute Gasteiger partial charge is 0.383 e. The molecular weight excluding hydrogens is 407 g/mol. The number of amides is 1. The number of anilines is 1. The van der Waals surface area contributed by atoms with Crippen LogP contribution in [0.2, 0.25) is 0 Å². The normalized spacial score (nSPS) is 15.3. The molecule has 1 N–H and O–H groups in total. The Morgan fingerprint density at radius 2 is 1.80 bits per heavy atom. The second kappa shape index (κ2) is 9.31. The van der Waals surface area contributed by atoms with Crippen molar-refractivity contribution in [3.8, 4) is 0 Å². The van der Waals surface area contributed by atoms with Gasteiger partial charge in [0, 0.05) is 25.3 Å². The van der Waals surface area contributed by atoms with Crippen LogP contribution in [0.25, 0.3) is 0 Å². The summed E-state index contributed by atoms with van der Waals surface area (Å²) in [5, 5.41) is 2.92. The molecular formula is C22H29FN2O4S. The maximum atomic E-state index is 13.5. The van der Waals surface area contributed by atoms with Crippen molar-refractivity contribution in [2.45, 2.75) is 62.3 Å². The average molecular weight is 437 g/mol. The number of aromatic nitrogens is 1. The van der Waals surface area contributed by atoms with Gasteiger partial charge in [-0.05, 0) is 56.5 Å². The van der Waals surface area contributed by atoms with Crippen molar-refractivity contribution in [3.05, 3.63) is 41.3 Å². The number of benzene rings is 1. The van der Waals surface area contributed by atoms with E-state index in [1.807, 2.05) is 6.92 Å². The monoisotopic (exact) mass is 436 g/mol. The van der Waals surface area contributed by atoms with Gasteiger partial charge in [-0.1, -0.05) is 19.3 Å². The van der Waals surface area contributed by atoms with Crippen LogP contribution in [-0.4, -0.2) is 32.6 Å². The first-order valence-corrected chi connectivity index (χ1v) is 11.8. The molecule has 2 aromatic rings. The highest BCUT2D eigenvalue weighted by atomic mass is 32.2. The Labute approximate surface area is 177 Å². The van der Waals surface area contributed by atoms with Crippen LogP contribution in [0.15, 0.2) is 34.1 Å². The fourth-order valence-corrected chi connectivity index (χ4v) is 5.76. The molecule has 0 saturated heterocycles. The van der Waals surface area contributed by atoms with Gasteiger partial charge in [0.2, 0.25) is 15.7 Å². The minimum Gasteiger partial charge on any atom is -0.383 e. The van der Waals surface area contributed by atoms with E-state index in [2.05, 4.69) is 5.32 Å². The Hall–Kier alpha value is -2.19. The van der Waals surface area contributed by atoms with Gasteiger partial charge in [0.15, 0.2) is 0 Å². The van der Waals surface area contributed by atoms with E-state index < -0.39 is 15.7 Å². The second-order valence-corrected chi connectivity index (χ2v) is 9.70. The Kier molecular flexibility index (Phi) is 6.98. The van der Waals surface area contributed by atoms with Gasteiger partial charge in [-0.15, -0.1) is 0 Å². The molecule has 1 aliphatic rings. The van der Waals surface area contributed by atoms with Gasteiger partial charge in [-0.25, -0.2) is 12.8 Å². The van der Waals surface area contributed by atoms with Gasteiger partial charge in [-0.2, -0.15) is 0 Å². The van der Waals surface area contributed by atoms with Crippen LogP contribution in [-0.2, 0) is 25.9 Å². The van der Waals surface area contributed by atoms with E-state index in [1.54, 1.807) is 18.6 Å². The molecule has 0 unspecified atom stereocenters. The van der Waals surface area contributed by atoms with Crippen molar-refractivity contribution in [2.24, 2.45) is 5.92 Å². The Morgan fingerprint density at radius 1 is 1.17 bits per heavy atom. The molecule has 3 rings (SSSR count). The SMILES string of the molecule is COCCn1c(C)c(C)c(S(=O)(=O)c2ccc(F)cc2)c1NC(=O)C1CCCCC1. The van der Waals surface area contributed by atoms with Crippen molar-refractivity contribution in [3.63, 3.8) is 0 Å². The summed E-state index contributed by atoms with van der Waals surface area (Å²) in [4.78, 5) is 13.0. The van der Waals surface area contributed by atoms with Crippen LogP contribution in [0, 0.1) is 25.6 Å². The lowest BCUT2D eigenvalue weighted by Gasteiger charge is -2.22. The van der Waals surface area contributed by atoms with Crippen molar-refractivity contribution in [2.75, 3.05) is 19.0 Å². The number of sulfone groups is 1. The van der Waals surface area contributed by atoms with Crippen molar-refractivity contribution in [1.29, 1.82) is 0 Å². The predicted molar refractivity (Wildman–Crippen MR) is 113 cm³/mol. The zero-order chi connectivity index (χ0) is 21.9. The number of carbonyl (C=O) groups excluding carboxylic acids is 1. The molecule has 1 aromatic heterocycles. The standard InChI is InChI=1S/C22H29FN2O4S/c1-15-16(2)25(13-14-29-3)21(24-22(26)17-7-5-4-6-8-17)20(15)30(27,28)19-11-9-18(23)10-12-19/h9-12,17H,4-8,13-14H2,1-3H3,(H,24,26). The molecule has 1 fully saturated rings. The smallest absolute Gasteiger partial charge is 0.228 e. The molecule has 30 heavy (non-hydrogen) atoms. The van der Waals surface area contributed by atoms with Gasteiger partial charge in [0.1, 0.15) is 16.5 Å². The molecule has 1 amide bonds. The molecule has 1 saturated carbocycles. The number of halogens is 1. The highest BCUT2D eigenvalue weighted by molar-refractivity contribution is 7.91. The molecule has 1 aromatic carbocycles. The highest BCUT2D eigenvalue weighted by Gasteiger charge is 2.32. The third kappa shape index (κ3) is 4.44. The van der Waals surface area contributed by atoms with E-state index in [0.717, 1.165) is 49.9 Å². The van der Waals surface area contributed by atoms with E-state index in [1.165, 1.54) is 12.1 Å². The number of carbonyl (C=O) groups is 1. The average Bonchev–Trinajstić information content (AvgIpc) is 2.97. The van der Waals surface area contributed by atoms with E-state index in [0.29, 0.717) is 18.7 Å². The summed E-state index contributed by atoms with van der Waals surface area (Å²) in [6.07, 6.45) is 4.74. The van der Waals surface area contributed by atoms with Gasteiger partial charge < -0.3 is 14.6 Å². The lowest BCUT2D eigenvalue weighted by molar-refractivity contribution is -0.120. The Morgan fingerprint density at radius 3 is 2.40 bits per heavy atom. The van der Waals surface area contributed by atoms with E-state index in [9.17, 15) is 17.6 Å². The van der Waals surface area contributed by atoms with Crippen LogP contribution < -0.4 is 5.32 Å². The van der Waals surface area contributed by atoms with Crippen LogP contribution in [0.1, 0.15) is 43.4 Å². The first-order valence-electron chi connectivity index (χ1n) is 10.3. The molecule has 0 spiro atoms. The van der Waals surface area contributed by atoms with Crippen molar-refractivity contribution >= 4 is 21.6 Å². The van der Waals surface area contributed by atoms with E-state index in [-0.39, 0.29) is 27.4 Å². The molecule has 0 aliphatic heterocycles. The lowest BCUT2D eigenvalue weighted by atomic mass is 9.89. The quantitative estimate of drug-likeness (QED) is 0.659. The molecule has 0 bridgehead atoms. The zero-order valence-electron chi connectivity index (χ0n) is 17.7. The second-order valence-electron chi connectivity index (χ2n) is 7.81. The zero-order valence-corrected chi connectivity index (χ0v) is 18.5. The number of hydrogen-bond acceptors (Lipinski definition) is 4. The lowest BCUT2D eigenvalue weighted by Crippen LogP contribution is -2.27. The maximum Gasteiger partial charge on any atom is 0.228 e. The molecule has 0 atom stereocenters. The summed E-state index contributed by atoms with van der Waals surface area (Å²) in [7, 11) is -2.39. The molecule has 8 heteroatoms. The van der Waals surface area contributed by atoms with Crippen LogP contribution in [0.5, 0.6) is 0 Å². The van der Waals surface area contributed by atoms with Crippen molar-refractivity contribution < 1.29 is 22.3 Å². The van der Waals surface area contributed by atoms with Crippen LogP contribution in [0.4, 0.5) is 10.2 Å². The third-order valence-electron chi connectivity index (χ3n) is 5.90. The third-order valence-corrected chi connectivity index (χ3v) is 7.83. The Balaban J connectivity index is 2.09. The minimum absolute atomic E-state index is 0.0101. The Bertz CT molecular complexity index is 1010. The molecule has 1 heterocycles. The molecule has 1 aliphatic carbocycles. The first-order chi connectivity index (χ1) is 14.3. The van der Waals surface area contributed by atoms with Crippen molar-refractivity contribution in [1.82, 2.24) is 4.57 Å². The number of hydrogen-bond donors (Lipinski definition) is 1.